The van der Waals surface area contributed by atoms with E-state index in [2.05, 4.69) is 34.1 Å². The number of nitrogens with zero attached hydrogens (tertiary/aromatic N) is 5. The summed E-state index contributed by atoms with van der Waals surface area (Å²) in [5, 5.41) is 8.78. The SMILES string of the molecule is C=CSC(=NC)[C@H](Cc1ccccc1)NC(=O)[C@H](C)[C@@H](OC)[C@@H]1CCCN1C(=O)C[C@@H](OC)[C@H]([C@@H](C)CC)N(C)C(=O)[C@@H](NC(=O)[C@H](C(C)C)N(C)Cc1ccnc(N)c1)C(C)C. The fraction of sp³-hybridized carbons (Fsp3) is 0.625. The fourth-order valence-electron chi connectivity index (χ4n) is 9.00. The molecule has 1 aliphatic heterocycles. The number of aromatic nitrogens is 1. The average molecular weight is 893 g/mol. The fourth-order valence-corrected chi connectivity index (χ4v) is 9.58. The zero-order chi connectivity index (χ0) is 47.0. The van der Waals surface area contributed by atoms with Crippen molar-refractivity contribution in [2.45, 2.75) is 130 Å². The summed E-state index contributed by atoms with van der Waals surface area (Å²) in [7, 11) is 8.49. The first-order valence-corrected chi connectivity index (χ1v) is 23.2. The van der Waals surface area contributed by atoms with Gasteiger partial charge in [0.05, 0.1) is 53.8 Å². The predicted molar refractivity (Wildman–Crippen MR) is 255 cm³/mol. The third kappa shape index (κ3) is 14.6. The van der Waals surface area contributed by atoms with Crippen molar-refractivity contribution in [3.05, 3.63) is 71.8 Å². The van der Waals surface area contributed by atoms with Crippen molar-refractivity contribution in [1.82, 2.24) is 30.3 Å². The highest BCUT2D eigenvalue weighted by molar-refractivity contribution is 8.16. The van der Waals surface area contributed by atoms with Gasteiger partial charge < -0.3 is 35.6 Å². The van der Waals surface area contributed by atoms with Crippen molar-refractivity contribution in [1.29, 1.82) is 0 Å². The second-order valence-electron chi connectivity index (χ2n) is 17.6. The van der Waals surface area contributed by atoms with Gasteiger partial charge in [-0.05, 0) is 72.7 Å². The molecule has 4 N–H and O–H groups in total. The molecule has 14 nitrogen and oxygen atoms in total. The van der Waals surface area contributed by atoms with Crippen molar-refractivity contribution in [2.24, 2.45) is 28.7 Å². The summed E-state index contributed by atoms with van der Waals surface area (Å²) >= 11 is 1.38. The molecule has 0 saturated carbocycles. The number of nitrogens with two attached hydrogens (primary N) is 1. The summed E-state index contributed by atoms with van der Waals surface area (Å²) in [5.74, 6) is -1.35. The molecule has 0 bridgehead atoms. The normalized spacial score (nSPS) is 18.3. The molecule has 1 aliphatic rings. The van der Waals surface area contributed by atoms with Gasteiger partial charge in [0.1, 0.15) is 11.9 Å². The first-order valence-electron chi connectivity index (χ1n) is 22.3. The third-order valence-corrected chi connectivity index (χ3v) is 13.3. The third-order valence-electron chi connectivity index (χ3n) is 12.5. The Labute approximate surface area is 381 Å². The van der Waals surface area contributed by atoms with Crippen molar-refractivity contribution in [2.75, 3.05) is 47.6 Å². The van der Waals surface area contributed by atoms with Gasteiger partial charge in [-0.1, -0.05) is 104 Å². The number of likely N-dealkylation sites (N-methyl/N-ethyl adjacent to an activating group) is 2. The minimum atomic E-state index is -0.825. The molecule has 0 spiro atoms. The minimum Gasteiger partial charge on any atom is -0.384 e. The zero-order valence-corrected chi connectivity index (χ0v) is 40.7. The van der Waals surface area contributed by atoms with Gasteiger partial charge in [-0.25, -0.2) is 4.98 Å². The maximum Gasteiger partial charge on any atom is 0.245 e. The number of benzene rings is 1. The molecule has 0 radical (unpaired) electrons. The van der Waals surface area contributed by atoms with Crippen LogP contribution in [0.15, 0.2) is 65.6 Å². The number of likely N-dealkylation sites (tertiary alicyclic amines) is 1. The van der Waals surface area contributed by atoms with Crippen LogP contribution in [0.5, 0.6) is 0 Å². The van der Waals surface area contributed by atoms with Crippen LogP contribution < -0.4 is 16.4 Å². The van der Waals surface area contributed by atoms with Crippen molar-refractivity contribution >= 4 is 46.3 Å². The van der Waals surface area contributed by atoms with Gasteiger partial charge in [0, 0.05) is 47.6 Å². The minimum absolute atomic E-state index is 0.0172. The Kier molecular flexibility index (Phi) is 21.8. The first-order chi connectivity index (χ1) is 29.9. The molecular weight excluding hydrogens is 817 g/mol. The number of anilines is 1. The molecule has 1 saturated heterocycles. The highest BCUT2D eigenvalue weighted by Crippen LogP contribution is 2.30. The maximum atomic E-state index is 14.6. The van der Waals surface area contributed by atoms with Crippen LogP contribution >= 0.6 is 11.8 Å². The smallest absolute Gasteiger partial charge is 0.245 e. The number of nitrogens with one attached hydrogen (secondary N) is 2. The molecule has 1 fully saturated rings. The number of hydrogen-bond acceptors (Lipinski definition) is 11. The number of pyridine rings is 1. The lowest BCUT2D eigenvalue weighted by atomic mass is 9.89. The summed E-state index contributed by atoms with van der Waals surface area (Å²) < 4.78 is 12.2. The molecular formula is C48H76N8O6S. The molecule has 350 valence electrons. The lowest BCUT2D eigenvalue weighted by molar-refractivity contribution is -0.148. The van der Waals surface area contributed by atoms with E-state index in [0.717, 1.165) is 29.0 Å². The first kappa shape index (κ1) is 53.0. The molecule has 9 atom stereocenters. The van der Waals surface area contributed by atoms with Crippen LogP contribution in [0, 0.1) is 23.7 Å². The molecule has 3 rings (SSSR count). The zero-order valence-electron chi connectivity index (χ0n) is 39.9. The topological polar surface area (TPSA) is 172 Å². The van der Waals surface area contributed by atoms with Gasteiger partial charge in [-0.3, -0.25) is 29.1 Å². The van der Waals surface area contributed by atoms with Gasteiger partial charge in [0.2, 0.25) is 23.6 Å². The number of carbonyl (C=O) groups excluding carboxylic acids is 4. The van der Waals surface area contributed by atoms with Crippen LogP contribution in [0.1, 0.15) is 85.3 Å². The van der Waals surface area contributed by atoms with E-state index in [9.17, 15) is 19.2 Å². The van der Waals surface area contributed by atoms with Gasteiger partial charge in [-0.2, -0.15) is 0 Å². The number of nitrogen functional groups attached to an aromatic ring is 1. The molecule has 15 heteroatoms. The molecule has 4 amide bonds. The van der Waals surface area contributed by atoms with Crippen LogP contribution in [-0.2, 0) is 41.6 Å². The standard InChI is InChI=1S/C48H76N8O6S/c1-14-32(7)43(55(11)48(60)41(30(3)4)53-46(59)42(31(5)6)54(10)29-35-23-24-51-39(49)27-35)38(61-12)28-40(57)56-25-19-22-37(56)44(62-13)33(8)45(58)52-36(47(50-9)63-15-2)26-34-20-17-16-18-21-34/h15-18,20-21,23-24,27,30-33,36-38,41-44H,2,14,19,22,25-26,28-29H2,1,3-13H3,(H2,49,51)(H,52,58)(H,53,59)/t32-,33+,36-,37-,38+,41-,42-,43-,44+/m0/s1. The van der Waals surface area contributed by atoms with E-state index >= 15 is 0 Å². The van der Waals surface area contributed by atoms with Crippen LogP contribution in [0.4, 0.5) is 5.82 Å². The molecule has 1 aromatic carbocycles. The van der Waals surface area contributed by atoms with E-state index in [1.54, 1.807) is 50.9 Å². The van der Waals surface area contributed by atoms with Gasteiger partial charge >= 0.3 is 0 Å². The molecule has 0 unspecified atom stereocenters. The Morgan fingerprint density at radius 2 is 1.68 bits per heavy atom. The molecule has 2 heterocycles. The number of amides is 4. The number of hydrogen-bond donors (Lipinski definition) is 3. The number of methoxy groups -OCH3 is 2. The van der Waals surface area contributed by atoms with E-state index in [4.69, 9.17) is 15.2 Å². The predicted octanol–water partition coefficient (Wildman–Crippen LogP) is 5.81. The summed E-state index contributed by atoms with van der Waals surface area (Å²) in [6.07, 6.45) is 3.14. The maximum absolute atomic E-state index is 14.6. The summed E-state index contributed by atoms with van der Waals surface area (Å²) in [6.45, 7) is 18.6. The Balaban J connectivity index is 1.81. The molecule has 1 aromatic heterocycles. The number of thioether (sulfide) groups is 1. The van der Waals surface area contributed by atoms with E-state index in [0.29, 0.717) is 31.7 Å². The highest BCUT2D eigenvalue weighted by atomic mass is 32.2. The lowest BCUT2D eigenvalue weighted by Crippen LogP contribution is -2.60. The Hall–Kier alpha value is -4.31. The van der Waals surface area contributed by atoms with Crippen molar-refractivity contribution < 1.29 is 28.7 Å². The highest BCUT2D eigenvalue weighted by Gasteiger charge is 2.43. The number of carbonyl (C=O) groups is 4. The second kappa shape index (κ2) is 25.8. The number of aliphatic imine (C=N–C) groups is 1. The second-order valence-corrected chi connectivity index (χ2v) is 18.6. The van der Waals surface area contributed by atoms with E-state index in [1.165, 1.54) is 11.8 Å². The van der Waals surface area contributed by atoms with Crippen LogP contribution in [0.3, 0.4) is 0 Å². The monoisotopic (exact) mass is 893 g/mol. The van der Waals surface area contributed by atoms with Crippen LogP contribution in [-0.4, -0.2) is 133 Å². The largest absolute Gasteiger partial charge is 0.384 e. The van der Waals surface area contributed by atoms with Gasteiger partial charge in [-0.15, -0.1) is 0 Å². The number of rotatable bonds is 24. The van der Waals surface area contributed by atoms with Gasteiger partial charge in [0.15, 0.2) is 0 Å². The van der Waals surface area contributed by atoms with Gasteiger partial charge in [0.25, 0.3) is 0 Å². The molecule has 2 aromatic rings. The van der Waals surface area contributed by atoms with E-state index < -0.39 is 36.3 Å². The van der Waals surface area contributed by atoms with E-state index in [-0.39, 0.29) is 59.9 Å². The summed E-state index contributed by atoms with van der Waals surface area (Å²) in [6, 6.07) is 11.0. The summed E-state index contributed by atoms with van der Waals surface area (Å²) in [4.78, 5) is 71.2. The van der Waals surface area contributed by atoms with Crippen LogP contribution in [0.25, 0.3) is 0 Å². The molecule has 63 heavy (non-hydrogen) atoms. The quantitative estimate of drug-likeness (QED) is 0.0863. The van der Waals surface area contributed by atoms with Crippen molar-refractivity contribution in [3.8, 4) is 0 Å². The van der Waals surface area contributed by atoms with E-state index in [1.807, 2.05) is 94.8 Å². The Morgan fingerprint density at radius 3 is 2.24 bits per heavy atom. The summed E-state index contributed by atoms with van der Waals surface area (Å²) in [5.41, 5.74) is 7.91. The molecule has 0 aliphatic carbocycles. The lowest BCUT2D eigenvalue weighted by Gasteiger charge is -2.41. The van der Waals surface area contributed by atoms with Crippen LogP contribution in [0.2, 0.25) is 0 Å². The Bertz CT molecular complexity index is 1810. The average Bonchev–Trinajstić information content (AvgIpc) is 3.73. The van der Waals surface area contributed by atoms with Crippen molar-refractivity contribution in [3.63, 3.8) is 0 Å². The number of ether oxygens (including phenoxy) is 2. The Morgan fingerprint density at radius 1 is 1.00 bits per heavy atom.